The van der Waals surface area contributed by atoms with Crippen molar-refractivity contribution >= 4 is 10.8 Å². The third kappa shape index (κ3) is 2.63. The van der Waals surface area contributed by atoms with Gasteiger partial charge in [-0.1, -0.05) is 54.5 Å². The maximum absolute atomic E-state index is 8.65. The number of nitriles is 1. The molecule has 4 heteroatoms. The van der Waals surface area contributed by atoms with Crippen LogP contribution in [-0.4, -0.2) is 10.1 Å². The summed E-state index contributed by atoms with van der Waals surface area (Å²) in [5.74, 6) is 1.29. The molecule has 0 saturated carbocycles. The topological polar surface area (TPSA) is 62.7 Å². The fraction of sp³-hybridized carbons (Fsp3) is 0.235. The summed E-state index contributed by atoms with van der Waals surface area (Å²) >= 11 is 0. The number of rotatable bonds is 4. The van der Waals surface area contributed by atoms with Gasteiger partial charge in [-0.2, -0.15) is 10.2 Å². The van der Waals surface area contributed by atoms with Gasteiger partial charge in [0.25, 0.3) is 0 Å². The minimum absolute atomic E-state index is 0.0980. The molecule has 0 radical (unpaired) electrons. The molecular weight excluding hydrogens is 262 g/mol. The lowest BCUT2D eigenvalue weighted by Crippen LogP contribution is -1.93. The fourth-order valence-corrected chi connectivity index (χ4v) is 2.37. The first-order valence-electron chi connectivity index (χ1n) is 6.98. The molecule has 0 spiro atoms. The number of nitrogens with zero attached hydrogens (tertiary/aromatic N) is 3. The van der Waals surface area contributed by atoms with Gasteiger partial charge in [-0.25, -0.2) is 0 Å². The molecule has 0 fully saturated rings. The first-order chi connectivity index (χ1) is 10.3. The Hall–Kier alpha value is -2.67. The first kappa shape index (κ1) is 13.3. The number of hydrogen-bond acceptors (Lipinski definition) is 4. The van der Waals surface area contributed by atoms with E-state index in [0.29, 0.717) is 18.1 Å². The first-order valence-corrected chi connectivity index (χ1v) is 6.98. The third-order valence-electron chi connectivity index (χ3n) is 3.58. The second-order valence-corrected chi connectivity index (χ2v) is 5.08. The van der Waals surface area contributed by atoms with Gasteiger partial charge in [-0.15, -0.1) is 0 Å². The van der Waals surface area contributed by atoms with Crippen molar-refractivity contribution < 1.29 is 4.52 Å². The van der Waals surface area contributed by atoms with Crippen LogP contribution in [0.3, 0.4) is 0 Å². The van der Waals surface area contributed by atoms with Crippen LogP contribution in [-0.2, 0) is 0 Å². The molecule has 3 rings (SSSR count). The number of benzene rings is 2. The summed E-state index contributed by atoms with van der Waals surface area (Å²) in [7, 11) is 0. The van der Waals surface area contributed by atoms with Crippen molar-refractivity contribution in [1.29, 1.82) is 5.26 Å². The average molecular weight is 277 g/mol. The minimum Gasteiger partial charge on any atom is -0.339 e. The maximum atomic E-state index is 8.65. The lowest BCUT2D eigenvalue weighted by Gasteiger charge is -2.02. The van der Waals surface area contributed by atoms with E-state index >= 15 is 0 Å². The Morgan fingerprint density at radius 3 is 2.86 bits per heavy atom. The summed E-state index contributed by atoms with van der Waals surface area (Å²) in [6.07, 6.45) is 1.22. The largest absolute Gasteiger partial charge is 0.339 e. The van der Waals surface area contributed by atoms with Crippen molar-refractivity contribution in [3.63, 3.8) is 0 Å². The predicted molar refractivity (Wildman–Crippen MR) is 80.5 cm³/mol. The van der Waals surface area contributed by atoms with Crippen LogP contribution in [0.2, 0.25) is 0 Å². The van der Waals surface area contributed by atoms with Gasteiger partial charge in [0.15, 0.2) is 0 Å². The van der Waals surface area contributed by atoms with E-state index < -0.39 is 0 Å². The van der Waals surface area contributed by atoms with Crippen molar-refractivity contribution in [3.8, 4) is 17.5 Å². The molecule has 21 heavy (non-hydrogen) atoms. The highest BCUT2D eigenvalue weighted by atomic mass is 16.5. The molecule has 0 saturated heterocycles. The smallest absolute Gasteiger partial charge is 0.229 e. The highest BCUT2D eigenvalue weighted by Gasteiger charge is 2.16. The molecule has 0 amide bonds. The van der Waals surface area contributed by atoms with Crippen LogP contribution in [0.1, 0.15) is 31.6 Å². The van der Waals surface area contributed by atoms with E-state index in [2.05, 4.69) is 34.4 Å². The Bertz CT molecular complexity index is 796. The SMILES string of the molecule is CC(CCC#N)c1nc(-c2cccc3ccccc23)no1. The van der Waals surface area contributed by atoms with Crippen molar-refractivity contribution in [1.82, 2.24) is 10.1 Å². The van der Waals surface area contributed by atoms with Gasteiger partial charge >= 0.3 is 0 Å². The van der Waals surface area contributed by atoms with Crippen LogP contribution in [0.5, 0.6) is 0 Å². The summed E-state index contributed by atoms with van der Waals surface area (Å²) < 4.78 is 5.36. The molecule has 2 aromatic carbocycles. The Kier molecular flexibility index (Phi) is 3.65. The number of aromatic nitrogens is 2. The summed E-state index contributed by atoms with van der Waals surface area (Å²) in [5.41, 5.74) is 0.968. The molecular formula is C17H15N3O. The van der Waals surface area contributed by atoms with Crippen molar-refractivity contribution in [2.75, 3.05) is 0 Å². The second-order valence-electron chi connectivity index (χ2n) is 5.08. The summed E-state index contributed by atoms with van der Waals surface area (Å²) in [6, 6.07) is 16.3. The zero-order valence-electron chi connectivity index (χ0n) is 11.8. The van der Waals surface area contributed by atoms with Crippen molar-refractivity contribution in [2.24, 2.45) is 0 Å². The van der Waals surface area contributed by atoms with E-state index in [1.807, 2.05) is 31.2 Å². The van der Waals surface area contributed by atoms with E-state index in [9.17, 15) is 0 Å². The van der Waals surface area contributed by atoms with Gasteiger partial charge in [0.1, 0.15) is 0 Å². The monoisotopic (exact) mass is 277 g/mol. The van der Waals surface area contributed by atoms with Gasteiger partial charge in [0.2, 0.25) is 11.7 Å². The van der Waals surface area contributed by atoms with Crippen LogP contribution in [0.25, 0.3) is 22.2 Å². The number of hydrogen-bond donors (Lipinski definition) is 0. The van der Waals surface area contributed by atoms with Gasteiger partial charge in [-0.05, 0) is 17.2 Å². The van der Waals surface area contributed by atoms with Gasteiger partial charge in [0.05, 0.1) is 6.07 Å². The molecule has 0 aliphatic rings. The normalized spacial score (nSPS) is 12.2. The van der Waals surface area contributed by atoms with Crippen LogP contribution in [0.15, 0.2) is 47.0 Å². The predicted octanol–water partition coefficient (Wildman–Crippen LogP) is 4.30. The number of fused-ring (bicyclic) bond motifs is 1. The van der Waals surface area contributed by atoms with Crippen LogP contribution in [0.4, 0.5) is 0 Å². The van der Waals surface area contributed by atoms with Gasteiger partial charge in [0, 0.05) is 17.9 Å². The molecule has 0 aliphatic heterocycles. The Morgan fingerprint density at radius 1 is 1.19 bits per heavy atom. The van der Waals surface area contributed by atoms with Crippen LogP contribution < -0.4 is 0 Å². The van der Waals surface area contributed by atoms with E-state index in [-0.39, 0.29) is 5.92 Å². The van der Waals surface area contributed by atoms with Crippen LogP contribution >= 0.6 is 0 Å². The summed E-state index contributed by atoms with van der Waals surface area (Å²) in [6.45, 7) is 2.00. The van der Waals surface area contributed by atoms with E-state index in [4.69, 9.17) is 9.78 Å². The molecule has 104 valence electrons. The highest BCUT2D eigenvalue weighted by Crippen LogP contribution is 2.28. The van der Waals surface area contributed by atoms with Gasteiger partial charge < -0.3 is 4.52 Å². The van der Waals surface area contributed by atoms with Crippen molar-refractivity contribution in [3.05, 3.63) is 48.4 Å². The third-order valence-corrected chi connectivity index (χ3v) is 3.58. The van der Waals surface area contributed by atoms with E-state index in [1.165, 1.54) is 0 Å². The van der Waals surface area contributed by atoms with E-state index in [1.54, 1.807) is 0 Å². The lowest BCUT2D eigenvalue weighted by atomic mass is 10.0. The molecule has 1 atom stereocenters. The molecule has 0 bridgehead atoms. The second kappa shape index (κ2) is 5.76. The lowest BCUT2D eigenvalue weighted by molar-refractivity contribution is 0.355. The Morgan fingerprint density at radius 2 is 2.00 bits per heavy atom. The molecule has 0 aliphatic carbocycles. The molecule has 1 unspecified atom stereocenters. The molecule has 1 aromatic heterocycles. The fourth-order valence-electron chi connectivity index (χ4n) is 2.37. The zero-order chi connectivity index (χ0) is 14.7. The Balaban J connectivity index is 1.97. The van der Waals surface area contributed by atoms with Crippen LogP contribution in [0, 0.1) is 11.3 Å². The molecule has 1 heterocycles. The minimum atomic E-state index is 0.0980. The van der Waals surface area contributed by atoms with E-state index in [0.717, 1.165) is 22.8 Å². The zero-order valence-corrected chi connectivity index (χ0v) is 11.8. The van der Waals surface area contributed by atoms with Gasteiger partial charge in [-0.3, -0.25) is 0 Å². The average Bonchev–Trinajstić information content (AvgIpc) is 3.02. The quantitative estimate of drug-likeness (QED) is 0.713. The summed E-state index contributed by atoms with van der Waals surface area (Å²) in [4.78, 5) is 4.50. The maximum Gasteiger partial charge on any atom is 0.229 e. The summed E-state index contributed by atoms with van der Waals surface area (Å²) in [5, 5.41) is 15.0. The highest BCUT2D eigenvalue weighted by molar-refractivity contribution is 5.94. The molecule has 4 nitrogen and oxygen atoms in total. The standard InChI is InChI=1S/C17H15N3O/c1-12(6-5-11-18)17-19-16(20-21-17)15-10-4-8-13-7-2-3-9-14(13)15/h2-4,7-10,12H,5-6H2,1H3. The molecule has 3 aromatic rings. The molecule has 0 N–H and O–H groups in total. The Labute approximate surface area is 123 Å². The van der Waals surface area contributed by atoms with Crippen molar-refractivity contribution in [2.45, 2.75) is 25.7 Å².